The summed E-state index contributed by atoms with van der Waals surface area (Å²) in [4.78, 5) is 15.7. The van der Waals surface area contributed by atoms with Crippen molar-refractivity contribution in [2.75, 3.05) is 38.1 Å². The first kappa shape index (κ1) is 15.3. The van der Waals surface area contributed by atoms with Gasteiger partial charge in [0.2, 0.25) is 5.91 Å². The summed E-state index contributed by atoms with van der Waals surface area (Å²) in [7, 11) is 1.86. The van der Waals surface area contributed by atoms with Crippen LogP contribution >= 0.6 is 15.9 Å². The number of hydrogen-bond donors (Lipinski definition) is 1. The maximum absolute atomic E-state index is 11.8. The average Bonchev–Trinajstić information content (AvgIpc) is 2.44. The van der Waals surface area contributed by atoms with E-state index in [1.807, 2.05) is 7.05 Å². The number of carbonyl (C=O) groups excluding carboxylic acids is 1. The van der Waals surface area contributed by atoms with Gasteiger partial charge in [-0.05, 0) is 30.7 Å². The standard InChI is InChI=1S/C15H22BrN3O/c1-3-6-17-10-12-4-5-13(9-14(12)16)19-8-7-18(2)15(20)11-19/h4-5,9,17H,3,6-8,10-11H2,1-2H3. The number of nitrogens with one attached hydrogen (secondary N) is 1. The van der Waals surface area contributed by atoms with Gasteiger partial charge in [0.15, 0.2) is 0 Å². The second-order valence-electron chi connectivity index (χ2n) is 5.19. The molecular weight excluding hydrogens is 318 g/mol. The molecule has 1 amide bonds. The molecule has 1 aromatic rings. The van der Waals surface area contributed by atoms with Crippen molar-refractivity contribution in [3.05, 3.63) is 28.2 Å². The number of hydrogen-bond acceptors (Lipinski definition) is 3. The molecular formula is C15H22BrN3O. The van der Waals surface area contributed by atoms with Crippen LogP contribution < -0.4 is 10.2 Å². The highest BCUT2D eigenvalue weighted by molar-refractivity contribution is 9.10. The lowest BCUT2D eigenvalue weighted by molar-refractivity contribution is -0.129. The van der Waals surface area contributed by atoms with E-state index in [-0.39, 0.29) is 5.91 Å². The molecule has 0 saturated carbocycles. The molecule has 4 nitrogen and oxygen atoms in total. The SMILES string of the molecule is CCCNCc1ccc(N2CCN(C)C(=O)C2)cc1Br. The van der Waals surface area contributed by atoms with Crippen molar-refractivity contribution in [1.29, 1.82) is 0 Å². The number of halogens is 1. The fourth-order valence-corrected chi connectivity index (χ4v) is 2.76. The predicted octanol–water partition coefficient (Wildman–Crippen LogP) is 2.23. The third-order valence-corrected chi connectivity index (χ3v) is 4.34. The van der Waals surface area contributed by atoms with Crippen molar-refractivity contribution in [1.82, 2.24) is 10.2 Å². The second-order valence-corrected chi connectivity index (χ2v) is 6.04. The first-order valence-electron chi connectivity index (χ1n) is 7.10. The molecule has 0 bridgehead atoms. The molecule has 1 aromatic carbocycles. The molecule has 2 rings (SSSR count). The molecule has 1 aliphatic rings. The number of likely N-dealkylation sites (N-methyl/N-ethyl adjacent to an activating group) is 1. The average molecular weight is 340 g/mol. The van der Waals surface area contributed by atoms with Gasteiger partial charge in [-0.1, -0.05) is 28.9 Å². The fraction of sp³-hybridized carbons (Fsp3) is 0.533. The monoisotopic (exact) mass is 339 g/mol. The highest BCUT2D eigenvalue weighted by Crippen LogP contribution is 2.25. The molecule has 20 heavy (non-hydrogen) atoms. The summed E-state index contributed by atoms with van der Waals surface area (Å²) >= 11 is 3.63. The van der Waals surface area contributed by atoms with Crippen molar-refractivity contribution < 1.29 is 4.79 Å². The highest BCUT2D eigenvalue weighted by atomic mass is 79.9. The normalized spacial score (nSPS) is 15.8. The predicted molar refractivity (Wildman–Crippen MR) is 86.0 cm³/mol. The molecule has 0 radical (unpaired) electrons. The van der Waals surface area contributed by atoms with Gasteiger partial charge in [-0.15, -0.1) is 0 Å². The van der Waals surface area contributed by atoms with Crippen LogP contribution in [0.2, 0.25) is 0 Å². The summed E-state index contributed by atoms with van der Waals surface area (Å²) in [6.45, 7) is 6.21. The minimum atomic E-state index is 0.182. The maximum Gasteiger partial charge on any atom is 0.241 e. The van der Waals surface area contributed by atoms with E-state index in [0.29, 0.717) is 6.54 Å². The second kappa shape index (κ2) is 7.09. The van der Waals surface area contributed by atoms with Crippen LogP contribution in [0.5, 0.6) is 0 Å². The van der Waals surface area contributed by atoms with Crippen LogP contribution in [-0.2, 0) is 11.3 Å². The van der Waals surface area contributed by atoms with E-state index in [4.69, 9.17) is 0 Å². The van der Waals surface area contributed by atoms with E-state index >= 15 is 0 Å². The van der Waals surface area contributed by atoms with Gasteiger partial charge in [-0.3, -0.25) is 4.79 Å². The lowest BCUT2D eigenvalue weighted by Crippen LogP contribution is -2.48. The zero-order chi connectivity index (χ0) is 14.5. The van der Waals surface area contributed by atoms with E-state index in [0.717, 1.165) is 42.8 Å². The van der Waals surface area contributed by atoms with Gasteiger partial charge >= 0.3 is 0 Å². The Morgan fingerprint density at radius 3 is 2.80 bits per heavy atom. The third kappa shape index (κ3) is 3.73. The molecule has 0 aromatic heterocycles. The lowest BCUT2D eigenvalue weighted by atomic mass is 10.1. The summed E-state index contributed by atoms with van der Waals surface area (Å²) in [5.74, 6) is 0.182. The van der Waals surface area contributed by atoms with E-state index in [1.54, 1.807) is 4.90 Å². The summed E-state index contributed by atoms with van der Waals surface area (Å²) in [5, 5.41) is 3.40. The number of carbonyl (C=O) groups is 1. The van der Waals surface area contributed by atoms with Crippen LogP contribution in [-0.4, -0.2) is 44.0 Å². The minimum absolute atomic E-state index is 0.182. The van der Waals surface area contributed by atoms with Crippen molar-refractivity contribution in [3.63, 3.8) is 0 Å². The van der Waals surface area contributed by atoms with Crippen molar-refractivity contribution in [3.8, 4) is 0 Å². The number of benzene rings is 1. The van der Waals surface area contributed by atoms with Gasteiger partial charge in [-0.25, -0.2) is 0 Å². The molecule has 110 valence electrons. The third-order valence-electron chi connectivity index (χ3n) is 3.60. The first-order valence-corrected chi connectivity index (χ1v) is 7.89. The molecule has 1 heterocycles. The zero-order valence-corrected chi connectivity index (χ0v) is 13.7. The van der Waals surface area contributed by atoms with E-state index in [1.165, 1.54) is 5.56 Å². The lowest BCUT2D eigenvalue weighted by Gasteiger charge is -2.33. The van der Waals surface area contributed by atoms with Crippen molar-refractivity contribution >= 4 is 27.5 Å². The Balaban J connectivity index is 2.03. The highest BCUT2D eigenvalue weighted by Gasteiger charge is 2.21. The molecule has 5 heteroatoms. The summed E-state index contributed by atoms with van der Waals surface area (Å²) < 4.78 is 1.10. The van der Waals surface area contributed by atoms with E-state index < -0.39 is 0 Å². The van der Waals surface area contributed by atoms with Crippen LogP contribution in [0.25, 0.3) is 0 Å². The number of rotatable bonds is 5. The fourth-order valence-electron chi connectivity index (χ4n) is 2.25. The Morgan fingerprint density at radius 1 is 1.35 bits per heavy atom. The zero-order valence-electron chi connectivity index (χ0n) is 12.2. The van der Waals surface area contributed by atoms with Gasteiger partial charge in [0, 0.05) is 36.8 Å². The summed E-state index contributed by atoms with van der Waals surface area (Å²) in [6, 6.07) is 6.35. The molecule has 0 aliphatic carbocycles. The largest absolute Gasteiger partial charge is 0.360 e. The van der Waals surface area contributed by atoms with Crippen molar-refractivity contribution in [2.45, 2.75) is 19.9 Å². The Morgan fingerprint density at radius 2 is 2.15 bits per heavy atom. The summed E-state index contributed by atoms with van der Waals surface area (Å²) in [5.41, 5.74) is 2.36. The topological polar surface area (TPSA) is 35.6 Å². The smallest absolute Gasteiger partial charge is 0.241 e. The molecule has 1 aliphatic heterocycles. The van der Waals surface area contributed by atoms with Gasteiger partial charge in [-0.2, -0.15) is 0 Å². The number of piperazine rings is 1. The van der Waals surface area contributed by atoms with Crippen LogP contribution in [0.4, 0.5) is 5.69 Å². The van der Waals surface area contributed by atoms with Crippen LogP contribution in [0.15, 0.2) is 22.7 Å². The Hall–Kier alpha value is -1.07. The molecule has 1 N–H and O–H groups in total. The van der Waals surface area contributed by atoms with Gasteiger partial charge in [0.25, 0.3) is 0 Å². The molecule has 0 unspecified atom stereocenters. The maximum atomic E-state index is 11.8. The van der Waals surface area contributed by atoms with Crippen LogP contribution in [0.1, 0.15) is 18.9 Å². The molecule has 0 atom stereocenters. The first-order chi connectivity index (χ1) is 9.61. The molecule has 1 saturated heterocycles. The Labute approximate surface area is 129 Å². The van der Waals surface area contributed by atoms with Gasteiger partial charge in [0.1, 0.15) is 0 Å². The Bertz CT molecular complexity index is 478. The Kier molecular flexibility index (Phi) is 5.43. The van der Waals surface area contributed by atoms with E-state index in [9.17, 15) is 4.79 Å². The number of anilines is 1. The summed E-state index contributed by atoms with van der Waals surface area (Å²) in [6.07, 6.45) is 1.14. The van der Waals surface area contributed by atoms with Gasteiger partial charge in [0.05, 0.1) is 6.54 Å². The van der Waals surface area contributed by atoms with E-state index in [2.05, 4.69) is 51.3 Å². The molecule has 1 fully saturated rings. The minimum Gasteiger partial charge on any atom is -0.360 e. The van der Waals surface area contributed by atoms with Crippen LogP contribution in [0, 0.1) is 0 Å². The number of nitrogens with zero attached hydrogens (tertiary/aromatic N) is 2. The molecule has 0 spiro atoms. The van der Waals surface area contributed by atoms with Crippen molar-refractivity contribution in [2.24, 2.45) is 0 Å². The van der Waals surface area contributed by atoms with Gasteiger partial charge < -0.3 is 15.1 Å². The van der Waals surface area contributed by atoms with Crippen LogP contribution in [0.3, 0.4) is 0 Å². The number of amides is 1. The quantitative estimate of drug-likeness (QED) is 0.835.